The summed E-state index contributed by atoms with van der Waals surface area (Å²) in [6.45, 7) is 0. The number of nitro benzene ring substituents is 1. The fourth-order valence-electron chi connectivity index (χ4n) is 2.13. The predicted octanol–water partition coefficient (Wildman–Crippen LogP) is 2.35. The lowest BCUT2D eigenvalue weighted by molar-refractivity contribution is -0.385. The van der Waals surface area contributed by atoms with Crippen LogP contribution in [0.3, 0.4) is 0 Å². The molecule has 0 fully saturated rings. The Morgan fingerprint density at radius 2 is 1.92 bits per heavy atom. The molecule has 2 rings (SSSR count). The van der Waals surface area contributed by atoms with Gasteiger partial charge in [0.25, 0.3) is 0 Å². The highest BCUT2D eigenvalue weighted by Gasteiger charge is 2.21. The van der Waals surface area contributed by atoms with E-state index in [1.54, 1.807) is 24.3 Å². The molecule has 8 heteroatoms. The van der Waals surface area contributed by atoms with Crippen LogP contribution in [-0.4, -0.2) is 29.2 Å². The van der Waals surface area contributed by atoms with Crippen LogP contribution in [0.25, 0.3) is 0 Å². The molecular formula is C16H16N2O6. The van der Waals surface area contributed by atoms with Crippen LogP contribution in [0.1, 0.15) is 5.56 Å². The lowest BCUT2D eigenvalue weighted by Crippen LogP contribution is -2.32. The molecule has 0 aliphatic heterocycles. The van der Waals surface area contributed by atoms with Gasteiger partial charge in [-0.3, -0.25) is 14.9 Å². The predicted molar refractivity (Wildman–Crippen MR) is 85.5 cm³/mol. The third-order valence-corrected chi connectivity index (χ3v) is 3.31. The van der Waals surface area contributed by atoms with Gasteiger partial charge in [-0.15, -0.1) is 0 Å². The van der Waals surface area contributed by atoms with Gasteiger partial charge in [0.05, 0.1) is 12.0 Å². The van der Waals surface area contributed by atoms with Crippen LogP contribution in [-0.2, 0) is 11.2 Å². The van der Waals surface area contributed by atoms with E-state index < -0.39 is 16.9 Å². The summed E-state index contributed by atoms with van der Waals surface area (Å²) in [4.78, 5) is 21.5. The van der Waals surface area contributed by atoms with Gasteiger partial charge in [-0.25, -0.2) is 0 Å². The number of nitro groups is 1. The zero-order chi connectivity index (χ0) is 17.7. The topological polar surface area (TPSA) is 125 Å². The molecule has 0 heterocycles. The highest BCUT2D eigenvalue weighted by Crippen LogP contribution is 2.38. The summed E-state index contributed by atoms with van der Waals surface area (Å²) >= 11 is 0. The maximum atomic E-state index is 11.1. The van der Waals surface area contributed by atoms with Crippen LogP contribution >= 0.6 is 0 Å². The van der Waals surface area contributed by atoms with Crippen molar-refractivity contribution in [2.75, 3.05) is 7.11 Å². The SMILES string of the molecule is COc1cccc(CC(N)C(=O)O)c1Oc1ccccc1[N+](=O)[O-]. The van der Waals surface area contributed by atoms with Crippen molar-refractivity contribution in [1.82, 2.24) is 0 Å². The summed E-state index contributed by atoms with van der Waals surface area (Å²) in [6.07, 6.45) is -0.0114. The number of rotatable bonds is 7. The molecule has 8 nitrogen and oxygen atoms in total. The molecule has 0 spiro atoms. The Kier molecular flexibility index (Phi) is 5.33. The van der Waals surface area contributed by atoms with E-state index in [1.807, 2.05) is 0 Å². The molecule has 24 heavy (non-hydrogen) atoms. The van der Waals surface area contributed by atoms with Gasteiger partial charge in [0.2, 0.25) is 5.75 Å². The molecule has 2 aromatic carbocycles. The van der Waals surface area contributed by atoms with Gasteiger partial charge >= 0.3 is 11.7 Å². The van der Waals surface area contributed by atoms with E-state index in [0.717, 1.165) is 0 Å². The summed E-state index contributed by atoms with van der Waals surface area (Å²) in [5.74, 6) is -0.610. The number of hydrogen-bond donors (Lipinski definition) is 2. The van der Waals surface area contributed by atoms with Crippen molar-refractivity contribution < 1.29 is 24.3 Å². The zero-order valence-electron chi connectivity index (χ0n) is 12.8. The van der Waals surface area contributed by atoms with Crippen molar-refractivity contribution in [1.29, 1.82) is 0 Å². The Hall–Kier alpha value is -3.13. The Balaban J connectivity index is 2.45. The summed E-state index contributed by atoms with van der Waals surface area (Å²) in [6, 6.07) is 9.66. The Bertz CT molecular complexity index is 762. The van der Waals surface area contributed by atoms with Gasteiger partial charge in [0.15, 0.2) is 11.5 Å². The molecule has 1 atom stereocenters. The van der Waals surface area contributed by atoms with Gasteiger partial charge < -0.3 is 20.3 Å². The highest BCUT2D eigenvalue weighted by atomic mass is 16.6. The average Bonchev–Trinajstić information content (AvgIpc) is 2.56. The lowest BCUT2D eigenvalue weighted by atomic mass is 10.0. The standard InChI is InChI=1S/C16H16N2O6/c1-23-14-8-4-5-10(9-11(17)16(19)20)15(14)24-13-7-3-2-6-12(13)18(21)22/h2-8,11H,9,17H2,1H3,(H,19,20). The number of benzene rings is 2. The number of carbonyl (C=O) groups is 1. The summed E-state index contributed by atoms with van der Waals surface area (Å²) in [5, 5.41) is 20.1. The lowest BCUT2D eigenvalue weighted by Gasteiger charge is -2.16. The Morgan fingerprint density at radius 1 is 1.25 bits per heavy atom. The number of nitrogens with zero attached hydrogens (tertiary/aromatic N) is 1. The van der Waals surface area contributed by atoms with Crippen molar-refractivity contribution in [3.63, 3.8) is 0 Å². The molecule has 2 aromatic rings. The number of nitrogens with two attached hydrogens (primary N) is 1. The molecular weight excluding hydrogens is 316 g/mol. The molecule has 0 aromatic heterocycles. The number of para-hydroxylation sites is 3. The summed E-state index contributed by atoms with van der Waals surface area (Å²) < 4.78 is 10.9. The number of carboxylic acid groups (broad SMARTS) is 1. The maximum Gasteiger partial charge on any atom is 0.320 e. The van der Waals surface area contributed by atoms with E-state index in [4.69, 9.17) is 20.3 Å². The fraction of sp³-hybridized carbons (Fsp3) is 0.188. The molecule has 0 aliphatic carbocycles. The van der Waals surface area contributed by atoms with E-state index in [2.05, 4.69) is 0 Å². The molecule has 0 radical (unpaired) electrons. The van der Waals surface area contributed by atoms with Gasteiger partial charge in [0.1, 0.15) is 6.04 Å². The van der Waals surface area contributed by atoms with E-state index in [9.17, 15) is 14.9 Å². The largest absolute Gasteiger partial charge is 0.493 e. The van der Waals surface area contributed by atoms with Gasteiger partial charge in [-0.05, 0) is 12.1 Å². The Morgan fingerprint density at radius 3 is 2.54 bits per heavy atom. The fourth-order valence-corrected chi connectivity index (χ4v) is 2.13. The van der Waals surface area contributed by atoms with E-state index in [0.29, 0.717) is 11.3 Å². The van der Waals surface area contributed by atoms with Crippen LogP contribution in [0.2, 0.25) is 0 Å². The van der Waals surface area contributed by atoms with Crippen molar-refractivity contribution in [2.24, 2.45) is 5.73 Å². The first-order valence-corrected chi connectivity index (χ1v) is 6.99. The van der Waals surface area contributed by atoms with Crippen molar-refractivity contribution in [3.05, 3.63) is 58.1 Å². The summed E-state index contributed by atoms with van der Waals surface area (Å²) in [5.41, 5.74) is 5.84. The minimum atomic E-state index is -1.16. The normalized spacial score (nSPS) is 11.6. The summed E-state index contributed by atoms with van der Waals surface area (Å²) in [7, 11) is 1.42. The minimum absolute atomic E-state index is 0.0114. The van der Waals surface area contributed by atoms with Crippen LogP contribution in [0.4, 0.5) is 5.69 Å². The third-order valence-electron chi connectivity index (χ3n) is 3.31. The van der Waals surface area contributed by atoms with E-state index in [-0.39, 0.29) is 23.6 Å². The van der Waals surface area contributed by atoms with Crippen molar-refractivity contribution in [2.45, 2.75) is 12.5 Å². The quantitative estimate of drug-likeness (QED) is 0.589. The van der Waals surface area contributed by atoms with Crippen LogP contribution < -0.4 is 15.2 Å². The van der Waals surface area contributed by atoms with Gasteiger partial charge in [0, 0.05) is 18.1 Å². The van der Waals surface area contributed by atoms with Gasteiger partial charge in [-0.2, -0.15) is 0 Å². The zero-order valence-corrected chi connectivity index (χ0v) is 12.8. The Labute approximate surface area is 137 Å². The monoisotopic (exact) mass is 332 g/mol. The third kappa shape index (κ3) is 3.79. The minimum Gasteiger partial charge on any atom is -0.493 e. The van der Waals surface area contributed by atoms with Crippen LogP contribution in [0.15, 0.2) is 42.5 Å². The molecule has 3 N–H and O–H groups in total. The molecule has 0 bridgehead atoms. The molecule has 126 valence electrons. The number of carboxylic acids is 1. The second-order valence-corrected chi connectivity index (χ2v) is 4.92. The first kappa shape index (κ1) is 17.2. The smallest absolute Gasteiger partial charge is 0.320 e. The number of aliphatic carboxylic acids is 1. The van der Waals surface area contributed by atoms with Crippen LogP contribution in [0.5, 0.6) is 17.2 Å². The first-order chi connectivity index (χ1) is 11.4. The number of methoxy groups -OCH3 is 1. The second-order valence-electron chi connectivity index (χ2n) is 4.92. The molecule has 0 saturated heterocycles. The van der Waals surface area contributed by atoms with Crippen molar-refractivity contribution >= 4 is 11.7 Å². The molecule has 1 unspecified atom stereocenters. The van der Waals surface area contributed by atoms with Gasteiger partial charge in [-0.1, -0.05) is 24.3 Å². The second kappa shape index (κ2) is 7.42. The molecule has 0 amide bonds. The number of ether oxygens (including phenoxy) is 2. The van der Waals surface area contributed by atoms with Crippen LogP contribution in [0, 0.1) is 10.1 Å². The molecule has 0 saturated carbocycles. The van der Waals surface area contributed by atoms with Crippen molar-refractivity contribution in [3.8, 4) is 17.2 Å². The molecule has 0 aliphatic rings. The highest BCUT2D eigenvalue weighted by molar-refractivity contribution is 5.74. The van der Waals surface area contributed by atoms with E-state index >= 15 is 0 Å². The number of hydrogen-bond acceptors (Lipinski definition) is 6. The van der Waals surface area contributed by atoms with E-state index in [1.165, 1.54) is 25.3 Å². The average molecular weight is 332 g/mol. The first-order valence-electron chi connectivity index (χ1n) is 6.99. The maximum absolute atomic E-state index is 11.1.